The molecule has 0 heterocycles. The van der Waals surface area contributed by atoms with Gasteiger partial charge in [0.15, 0.2) is 16.6 Å². The van der Waals surface area contributed by atoms with Crippen molar-refractivity contribution in [1.82, 2.24) is 0 Å². The Morgan fingerprint density at radius 3 is 1.50 bits per heavy atom. The van der Waals surface area contributed by atoms with Crippen LogP contribution in [0.25, 0.3) is 0 Å². The molecule has 0 N–H and O–H groups in total. The van der Waals surface area contributed by atoms with E-state index in [1.165, 1.54) is 0 Å². The van der Waals surface area contributed by atoms with E-state index in [1.807, 2.05) is 0 Å². The molecule has 0 saturated heterocycles. The summed E-state index contributed by atoms with van der Waals surface area (Å²) in [6, 6.07) is 3.01. The van der Waals surface area contributed by atoms with Crippen LogP contribution in [-0.2, 0) is 17.4 Å². The number of hydrogen-bond donors (Lipinski definition) is 0. The van der Waals surface area contributed by atoms with E-state index in [4.69, 9.17) is 17.4 Å². The molecule has 7 heteroatoms. The topological polar surface area (TPSA) is 36.9 Å². The fourth-order valence-corrected chi connectivity index (χ4v) is 13.6. The van der Waals surface area contributed by atoms with Crippen LogP contribution in [0.1, 0.15) is 6.92 Å². The van der Waals surface area contributed by atoms with E-state index in [1.54, 1.807) is 21.3 Å². The molecule has 0 radical (unpaired) electrons. The molecule has 18 heavy (non-hydrogen) atoms. The smallest absolute Gasteiger partial charge is 0.456 e. The first-order chi connectivity index (χ1) is 8.16. The van der Waals surface area contributed by atoms with Crippen molar-refractivity contribution in [3.05, 3.63) is 0 Å². The summed E-state index contributed by atoms with van der Waals surface area (Å²) in [6.07, 6.45) is 0. The minimum absolute atomic E-state index is 0.837. The zero-order valence-electron chi connectivity index (χ0n) is 13.3. The predicted molar refractivity (Wildman–Crippen MR) is 82.9 cm³/mol. The van der Waals surface area contributed by atoms with Gasteiger partial charge >= 0.3 is 8.80 Å². The Morgan fingerprint density at radius 1 is 0.722 bits per heavy atom. The lowest BCUT2D eigenvalue weighted by molar-refractivity contribution is 0.125. The van der Waals surface area contributed by atoms with Crippen molar-refractivity contribution in [3.63, 3.8) is 0 Å². The van der Waals surface area contributed by atoms with Gasteiger partial charge in [0, 0.05) is 27.4 Å². The summed E-state index contributed by atoms with van der Waals surface area (Å²) in [5, 5.41) is 0. The Balaban J connectivity index is 4.50. The Bertz CT molecular complexity index is 234. The summed E-state index contributed by atoms with van der Waals surface area (Å²) in [6.45, 7) is 11.3. The highest BCUT2D eigenvalue weighted by Crippen LogP contribution is 2.26. The highest BCUT2D eigenvalue weighted by atomic mass is 28.4. The van der Waals surface area contributed by atoms with E-state index in [2.05, 4.69) is 33.1 Å². The number of hydrogen-bond acceptors (Lipinski definition) is 4. The Hall–Kier alpha value is 0.491. The molecule has 0 aliphatic heterocycles. The molecule has 4 nitrogen and oxygen atoms in total. The largest absolute Gasteiger partial charge is 0.499 e. The van der Waals surface area contributed by atoms with E-state index in [0.717, 1.165) is 18.1 Å². The van der Waals surface area contributed by atoms with Gasteiger partial charge in [0.05, 0.1) is 0 Å². The van der Waals surface area contributed by atoms with Crippen molar-refractivity contribution >= 4 is 25.4 Å². The minimum atomic E-state index is -2.44. The van der Waals surface area contributed by atoms with Crippen LogP contribution < -0.4 is 0 Å². The standard InChI is InChI=1S/C11H30O4Si3/c1-9-16(5,6)15-17(7,8)10-11-18(12-2,13-3)14-4/h9-11H2,1-8H3. The highest BCUT2D eigenvalue weighted by molar-refractivity contribution is 6.85. The molecule has 0 amide bonds. The average molecular weight is 311 g/mol. The van der Waals surface area contributed by atoms with Gasteiger partial charge in [-0.3, -0.25) is 0 Å². The molecule has 0 spiro atoms. The van der Waals surface area contributed by atoms with Gasteiger partial charge in [0.1, 0.15) is 0 Å². The second kappa shape index (κ2) is 7.32. The second-order valence-electron chi connectivity index (χ2n) is 5.77. The summed E-state index contributed by atoms with van der Waals surface area (Å²) in [5.74, 6) is 0. The summed E-state index contributed by atoms with van der Waals surface area (Å²) >= 11 is 0. The lowest BCUT2D eigenvalue weighted by Crippen LogP contribution is -2.48. The minimum Gasteiger partial charge on any atom is -0.456 e. The summed E-state index contributed by atoms with van der Waals surface area (Å²) < 4.78 is 22.8. The lowest BCUT2D eigenvalue weighted by atomic mass is 10.9. The van der Waals surface area contributed by atoms with Crippen molar-refractivity contribution in [1.29, 1.82) is 0 Å². The van der Waals surface area contributed by atoms with E-state index in [9.17, 15) is 0 Å². The van der Waals surface area contributed by atoms with Gasteiger partial charge in [-0.2, -0.15) is 0 Å². The highest BCUT2D eigenvalue weighted by Gasteiger charge is 2.41. The SMILES string of the molecule is CC[Si](C)(C)O[Si](C)(C)CC[Si](OC)(OC)OC. The van der Waals surface area contributed by atoms with Gasteiger partial charge in [-0.1, -0.05) is 6.92 Å². The van der Waals surface area contributed by atoms with Crippen LogP contribution in [0, 0.1) is 0 Å². The van der Waals surface area contributed by atoms with Crippen molar-refractivity contribution in [2.45, 2.75) is 51.2 Å². The molecule has 0 rings (SSSR count). The lowest BCUT2D eigenvalue weighted by Gasteiger charge is -2.35. The van der Waals surface area contributed by atoms with Crippen LogP contribution in [-0.4, -0.2) is 46.8 Å². The zero-order chi connectivity index (χ0) is 14.4. The van der Waals surface area contributed by atoms with Gasteiger partial charge in [0.2, 0.25) is 0 Å². The van der Waals surface area contributed by atoms with E-state index >= 15 is 0 Å². The Labute approximate surface area is 116 Å². The second-order valence-corrected chi connectivity index (χ2v) is 17.9. The molecular formula is C11H30O4Si3. The van der Waals surface area contributed by atoms with Gasteiger partial charge in [0.25, 0.3) is 0 Å². The van der Waals surface area contributed by atoms with E-state index < -0.39 is 25.4 Å². The maximum absolute atomic E-state index is 6.44. The van der Waals surface area contributed by atoms with Gasteiger partial charge in [-0.05, 0) is 38.3 Å². The zero-order valence-corrected chi connectivity index (χ0v) is 16.3. The van der Waals surface area contributed by atoms with Gasteiger partial charge in [-0.25, -0.2) is 0 Å². The van der Waals surface area contributed by atoms with Crippen LogP contribution >= 0.6 is 0 Å². The third-order valence-electron chi connectivity index (χ3n) is 3.37. The fourth-order valence-electron chi connectivity index (χ4n) is 1.88. The number of rotatable bonds is 9. The van der Waals surface area contributed by atoms with Crippen molar-refractivity contribution in [2.24, 2.45) is 0 Å². The maximum atomic E-state index is 6.44. The van der Waals surface area contributed by atoms with Crippen LogP contribution in [0.3, 0.4) is 0 Å². The van der Waals surface area contributed by atoms with Crippen LogP contribution in [0.5, 0.6) is 0 Å². The van der Waals surface area contributed by atoms with E-state index in [0.29, 0.717) is 0 Å². The van der Waals surface area contributed by atoms with Gasteiger partial charge < -0.3 is 17.4 Å². The quantitative estimate of drug-likeness (QED) is 0.612. The first-order valence-electron chi connectivity index (χ1n) is 6.51. The third-order valence-corrected chi connectivity index (χ3v) is 14.2. The molecule has 0 aromatic rings. The molecular weight excluding hydrogens is 280 g/mol. The Kier molecular flexibility index (Phi) is 7.52. The average Bonchev–Trinajstić information content (AvgIpc) is 2.30. The van der Waals surface area contributed by atoms with Crippen LogP contribution in [0.15, 0.2) is 0 Å². The third kappa shape index (κ3) is 6.09. The summed E-state index contributed by atoms with van der Waals surface area (Å²) in [4.78, 5) is 0. The molecule has 0 aliphatic carbocycles. The monoisotopic (exact) mass is 310 g/mol. The summed E-state index contributed by atoms with van der Waals surface area (Å²) in [7, 11) is -0.591. The molecule has 0 saturated carbocycles. The molecule has 0 unspecified atom stereocenters. The molecule has 0 fully saturated rings. The first-order valence-corrected chi connectivity index (χ1v) is 14.7. The normalized spacial score (nSPS) is 14.0. The van der Waals surface area contributed by atoms with Crippen molar-refractivity contribution < 1.29 is 17.4 Å². The van der Waals surface area contributed by atoms with Crippen LogP contribution in [0.4, 0.5) is 0 Å². The first kappa shape index (κ1) is 18.5. The fraction of sp³-hybridized carbons (Fsp3) is 1.00. The van der Waals surface area contributed by atoms with Crippen LogP contribution in [0.2, 0.25) is 44.3 Å². The van der Waals surface area contributed by atoms with Gasteiger partial charge in [-0.15, -0.1) is 0 Å². The predicted octanol–water partition coefficient (Wildman–Crippen LogP) is 3.31. The summed E-state index contributed by atoms with van der Waals surface area (Å²) in [5.41, 5.74) is 0. The molecule has 0 aromatic carbocycles. The van der Waals surface area contributed by atoms with E-state index in [-0.39, 0.29) is 0 Å². The molecule has 0 atom stereocenters. The maximum Gasteiger partial charge on any atom is 0.499 e. The molecule has 0 aliphatic rings. The van der Waals surface area contributed by atoms with Crippen molar-refractivity contribution in [3.8, 4) is 0 Å². The Morgan fingerprint density at radius 2 is 1.17 bits per heavy atom. The molecule has 0 bridgehead atoms. The molecule has 110 valence electrons. The molecule has 0 aromatic heterocycles. The van der Waals surface area contributed by atoms with Crippen molar-refractivity contribution in [2.75, 3.05) is 21.3 Å².